The molecule has 0 aromatic heterocycles. The van der Waals surface area contributed by atoms with Gasteiger partial charge in [0.05, 0.1) is 5.60 Å². The van der Waals surface area contributed by atoms with E-state index in [4.69, 9.17) is 4.74 Å². The summed E-state index contributed by atoms with van der Waals surface area (Å²) in [4.78, 5) is 0. The lowest BCUT2D eigenvalue weighted by Gasteiger charge is -2.36. The molecule has 1 aliphatic heterocycles. The summed E-state index contributed by atoms with van der Waals surface area (Å²) in [6, 6.07) is 0.774. The van der Waals surface area contributed by atoms with Gasteiger partial charge >= 0.3 is 0 Å². The monoisotopic (exact) mass is 183 g/mol. The molecule has 0 bridgehead atoms. The fourth-order valence-corrected chi connectivity index (χ4v) is 2.41. The highest BCUT2D eigenvalue weighted by Crippen LogP contribution is 2.28. The topological polar surface area (TPSA) is 21.3 Å². The van der Waals surface area contributed by atoms with E-state index in [1.807, 2.05) is 0 Å². The number of hydrogen-bond acceptors (Lipinski definition) is 2. The molecule has 2 nitrogen and oxygen atoms in total. The molecule has 0 aromatic carbocycles. The molecular weight excluding hydrogens is 162 g/mol. The molecule has 0 amide bonds. The van der Waals surface area contributed by atoms with Gasteiger partial charge < -0.3 is 10.1 Å². The maximum absolute atomic E-state index is 5.72. The molecule has 1 aliphatic carbocycles. The van der Waals surface area contributed by atoms with Crippen LogP contribution in [0.25, 0.3) is 0 Å². The third-order valence-corrected chi connectivity index (χ3v) is 3.44. The van der Waals surface area contributed by atoms with Gasteiger partial charge in [-0.05, 0) is 38.5 Å². The molecule has 76 valence electrons. The largest absolute Gasteiger partial charge is 0.374 e. The van der Waals surface area contributed by atoms with Crippen molar-refractivity contribution in [3.8, 4) is 0 Å². The highest BCUT2D eigenvalue weighted by molar-refractivity contribution is 4.88. The first kappa shape index (κ1) is 9.47. The highest BCUT2D eigenvalue weighted by Gasteiger charge is 2.32. The van der Waals surface area contributed by atoms with Crippen LogP contribution in [0.3, 0.4) is 0 Å². The number of hydrogen-bond donors (Lipinski definition) is 1. The van der Waals surface area contributed by atoms with Crippen molar-refractivity contribution in [1.82, 2.24) is 5.32 Å². The van der Waals surface area contributed by atoms with Gasteiger partial charge in [0.1, 0.15) is 0 Å². The fourth-order valence-electron chi connectivity index (χ4n) is 2.41. The van der Waals surface area contributed by atoms with Crippen LogP contribution in [0.2, 0.25) is 0 Å². The van der Waals surface area contributed by atoms with E-state index in [1.54, 1.807) is 0 Å². The SMILES string of the molecule is CC1CC(NCC2(C)CCCO2)C1. The second-order valence-corrected chi connectivity index (χ2v) is 5.06. The van der Waals surface area contributed by atoms with Crippen molar-refractivity contribution < 1.29 is 4.74 Å². The lowest BCUT2D eigenvalue weighted by atomic mass is 9.81. The second kappa shape index (κ2) is 3.58. The highest BCUT2D eigenvalue weighted by atomic mass is 16.5. The molecular formula is C11H21NO. The van der Waals surface area contributed by atoms with Gasteiger partial charge in [0.25, 0.3) is 0 Å². The molecule has 0 radical (unpaired) electrons. The summed E-state index contributed by atoms with van der Waals surface area (Å²) < 4.78 is 5.72. The number of rotatable bonds is 3. The minimum absolute atomic E-state index is 0.138. The normalized spacial score (nSPS) is 44.8. The van der Waals surface area contributed by atoms with Crippen molar-refractivity contribution >= 4 is 0 Å². The van der Waals surface area contributed by atoms with E-state index in [1.165, 1.54) is 25.7 Å². The van der Waals surface area contributed by atoms with Crippen LogP contribution in [-0.4, -0.2) is 24.8 Å². The quantitative estimate of drug-likeness (QED) is 0.722. The summed E-state index contributed by atoms with van der Waals surface area (Å²) in [5.41, 5.74) is 0.138. The Morgan fingerprint density at radius 3 is 2.77 bits per heavy atom. The number of ether oxygens (including phenoxy) is 1. The summed E-state index contributed by atoms with van der Waals surface area (Å²) in [6.07, 6.45) is 5.17. The summed E-state index contributed by atoms with van der Waals surface area (Å²) >= 11 is 0. The van der Waals surface area contributed by atoms with Crippen molar-refractivity contribution in [1.29, 1.82) is 0 Å². The molecule has 1 saturated heterocycles. The summed E-state index contributed by atoms with van der Waals surface area (Å²) in [7, 11) is 0. The van der Waals surface area contributed by atoms with Crippen LogP contribution in [0.4, 0.5) is 0 Å². The van der Waals surface area contributed by atoms with Crippen molar-refractivity contribution in [3.63, 3.8) is 0 Å². The maximum Gasteiger partial charge on any atom is 0.0779 e. The van der Waals surface area contributed by atoms with Gasteiger partial charge in [-0.25, -0.2) is 0 Å². The first-order chi connectivity index (χ1) is 6.18. The predicted molar refractivity (Wildman–Crippen MR) is 53.8 cm³/mol. The van der Waals surface area contributed by atoms with E-state index in [-0.39, 0.29) is 5.60 Å². The molecule has 13 heavy (non-hydrogen) atoms. The molecule has 1 saturated carbocycles. The smallest absolute Gasteiger partial charge is 0.0779 e. The minimum atomic E-state index is 0.138. The van der Waals surface area contributed by atoms with Crippen LogP contribution in [-0.2, 0) is 4.74 Å². The Balaban J connectivity index is 1.67. The van der Waals surface area contributed by atoms with Gasteiger partial charge in [-0.3, -0.25) is 0 Å². The van der Waals surface area contributed by atoms with Gasteiger partial charge in [-0.1, -0.05) is 6.92 Å². The molecule has 2 heteroatoms. The van der Waals surface area contributed by atoms with E-state index in [9.17, 15) is 0 Å². The maximum atomic E-state index is 5.72. The minimum Gasteiger partial charge on any atom is -0.374 e. The van der Waals surface area contributed by atoms with Crippen LogP contribution < -0.4 is 5.32 Å². The molecule has 2 rings (SSSR count). The zero-order valence-electron chi connectivity index (χ0n) is 8.81. The standard InChI is InChI=1S/C11H21NO/c1-9-6-10(7-9)12-8-11(2)4-3-5-13-11/h9-10,12H,3-8H2,1-2H3. The van der Waals surface area contributed by atoms with Crippen LogP contribution in [0.1, 0.15) is 39.5 Å². The molecule has 0 spiro atoms. The molecule has 1 N–H and O–H groups in total. The Morgan fingerprint density at radius 1 is 1.46 bits per heavy atom. The van der Waals surface area contributed by atoms with Crippen LogP contribution >= 0.6 is 0 Å². The summed E-state index contributed by atoms with van der Waals surface area (Å²) in [6.45, 7) is 6.56. The first-order valence-corrected chi connectivity index (χ1v) is 5.55. The average molecular weight is 183 g/mol. The molecule has 1 unspecified atom stereocenters. The van der Waals surface area contributed by atoms with Gasteiger partial charge in [-0.2, -0.15) is 0 Å². The summed E-state index contributed by atoms with van der Waals surface area (Å²) in [5.74, 6) is 0.940. The van der Waals surface area contributed by atoms with Crippen molar-refractivity contribution in [3.05, 3.63) is 0 Å². The fraction of sp³-hybridized carbons (Fsp3) is 1.00. The molecule has 1 atom stereocenters. The third kappa shape index (κ3) is 2.23. The predicted octanol–water partition coefficient (Wildman–Crippen LogP) is 1.94. The van der Waals surface area contributed by atoms with Gasteiger partial charge in [0, 0.05) is 19.2 Å². The summed E-state index contributed by atoms with van der Waals surface area (Å²) in [5, 5.41) is 3.61. The Labute approximate surface area is 81.0 Å². The lowest BCUT2D eigenvalue weighted by molar-refractivity contribution is 0.0147. The van der Waals surface area contributed by atoms with Crippen LogP contribution in [0.15, 0.2) is 0 Å². The number of nitrogens with one attached hydrogen (secondary N) is 1. The van der Waals surface area contributed by atoms with Gasteiger partial charge in [-0.15, -0.1) is 0 Å². The zero-order chi connectivity index (χ0) is 9.31. The molecule has 0 aromatic rings. The van der Waals surface area contributed by atoms with E-state index in [2.05, 4.69) is 19.2 Å². The van der Waals surface area contributed by atoms with Gasteiger partial charge in [0.2, 0.25) is 0 Å². The van der Waals surface area contributed by atoms with Crippen molar-refractivity contribution in [2.24, 2.45) is 5.92 Å². The third-order valence-electron chi connectivity index (χ3n) is 3.44. The van der Waals surface area contributed by atoms with Crippen LogP contribution in [0.5, 0.6) is 0 Å². The van der Waals surface area contributed by atoms with E-state index < -0.39 is 0 Å². The Hall–Kier alpha value is -0.0800. The molecule has 2 aliphatic rings. The second-order valence-electron chi connectivity index (χ2n) is 5.06. The Morgan fingerprint density at radius 2 is 2.23 bits per heavy atom. The lowest BCUT2D eigenvalue weighted by Crippen LogP contribution is -2.47. The van der Waals surface area contributed by atoms with E-state index >= 15 is 0 Å². The van der Waals surface area contributed by atoms with Crippen molar-refractivity contribution in [2.75, 3.05) is 13.2 Å². The Kier molecular flexibility index (Phi) is 2.61. The average Bonchev–Trinajstić information content (AvgIpc) is 2.45. The molecule has 1 heterocycles. The first-order valence-electron chi connectivity index (χ1n) is 5.55. The van der Waals surface area contributed by atoms with Crippen LogP contribution in [0, 0.1) is 5.92 Å². The van der Waals surface area contributed by atoms with Gasteiger partial charge in [0.15, 0.2) is 0 Å². The van der Waals surface area contributed by atoms with E-state index in [0.717, 1.165) is 25.1 Å². The molecule has 2 fully saturated rings. The Bertz CT molecular complexity index is 169. The zero-order valence-corrected chi connectivity index (χ0v) is 8.81. The van der Waals surface area contributed by atoms with Crippen molar-refractivity contribution in [2.45, 2.75) is 51.2 Å². The van der Waals surface area contributed by atoms with E-state index in [0.29, 0.717) is 0 Å².